The fourth-order valence-electron chi connectivity index (χ4n) is 3.22. The summed E-state index contributed by atoms with van der Waals surface area (Å²) in [5, 5.41) is 7.83. The molecule has 0 aliphatic rings. The summed E-state index contributed by atoms with van der Waals surface area (Å²) in [5.41, 5.74) is 2.73. The van der Waals surface area contributed by atoms with E-state index in [2.05, 4.69) is 22.3 Å². The minimum absolute atomic E-state index is 0.0996. The third-order valence-corrected chi connectivity index (χ3v) is 4.80. The Hall–Kier alpha value is -3.69. The highest BCUT2D eigenvalue weighted by Crippen LogP contribution is 2.19. The van der Waals surface area contributed by atoms with Crippen LogP contribution >= 0.6 is 0 Å². The molecule has 0 amide bonds. The van der Waals surface area contributed by atoms with Gasteiger partial charge in [0.2, 0.25) is 0 Å². The summed E-state index contributed by atoms with van der Waals surface area (Å²) in [6, 6.07) is 15.0. The highest BCUT2D eigenvalue weighted by molar-refractivity contribution is 5.85. The van der Waals surface area contributed by atoms with Gasteiger partial charge in [-0.05, 0) is 38.2 Å². The lowest BCUT2D eigenvalue weighted by Crippen LogP contribution is -2.29. The molecule has 0 saturated heterocycles. The van der Waals surface area contributed by atoms with E-state index in [1.165, 1.54) is 0 Å². The average Bonchev–Trinajstić information content (AvgIpc) is 3.17. The molecule has 29 heavy (non-hydrogen) atoms. The van der Waals surface area contributed by atoms with Crippen molar-refractivity contribution >= 4 is 10.9 Å². The van der Waals surface area contributed by atoms with Gasteiger partial charge in [-0.25, -0.2) is 4.98 Å². The fourth-order valence-corrected chi connectivity index (χ4v) is 3.22. The predicted molar refractivity (Wildman–Crippen MR) is 114 cm³/mol. The summed E-state index contributed by atoms with van der Waals surface area (Å²) >= 11 is 0. The zero-order valence-corrected chi connectivity index (χ0v) is 16.5. The van der Waals surface area contributed by atoms with E-state index in [4.69, 9.17) is 4.98 Å². The molecule has 0 fully saturated rings. The molecule has 2 aromatic heterocycles. The van der Waals surface area contributed by atoms with Gasteiger partial charge in [0.25, 0.3) is 5.56 Å². The fraction of sp³-hybridized carbons (Fsp3) is 0.174. The Balaban J connectivity index is 2.00. The third kappa shape index (κ3) is 3.56. The van der Waals surface area contributed by atoms with Crippen molar-refractivity contribution in [3.05, 3.63) is 88.2 Å². The van der Waals surface area contributed by atoms with E-state index in [1.54, 1.807) is 15.4 Å². The average molecular weight is 383 g/mol. The molecule has 0 radical (unpaired) electrons. The molecule has 2 heterocycles. The van der Waals surface area contributed by atoms with E-state index < -0.39 is 0 Å². The van der Waals surface area contributed by atoms with Gasteiger partial charge in [-0.15, -0.1) is 0 Å². The van der Waals surface area contributed by atoms with Gasteiger partial charge in [-0.3, -0.25) is 14.0 Å². The van der Waals surface area contributed by atoms with Crippen LogP contribution in [0.25, 0.3) is 16.6 Å². The SMILES string of the molecule is CNC(C)c1nc2cccc(C#Cc3cnn(C)c3)c2c(=O)n1-c1ccccc1. The molecule has 1 atom stereocenters. The van der Waals surface area contributed by atoms with Gasteiger partial charge < -0.3 is 5.32 Å². The van der Waals surface area contributed by atoms with Crippen LogP contribution < -0.4 is 10.9 Å². The van der Waals surface area contributed by atoms with Crippen molar-refractivity contribution in [1.82, 2.24) is 24.6 Å². The first-order valence-corrected chi connectivity index (χ1v) is 9.37. The first kappa shape index (κ1) is 18.7. The summed E-state index contributed by atoms with van der Waals surface area (Å²) in [7, 11) is 3.70. The second kappa shape index (κ2) is 7.74. The molecule has 0 aliphatic heterocycles. The van der Waals surface area contributed by atoms with Gasteiger partial charge in [-0.1, -0.05) is 36.1 Å². The van der Waals surface area contributed by atoms with E-state index in [1.807, 2.05) is 75.7 Å². The van der Waals surface area contributed by atoms with E-state index in [0.717, 1.165) is 11.3 Å². The minimum atomic E-state index is -0.130. The lowest BCUT2D eigenvalue weighted by Gasteiger charge is -2.18. The third-order valence-electron chi connectivity index (χ3n) is 4.80. The molecule has 144 valence electrons. The van der Waals surface area contributed by atoms with Crippen LogP contribution in [-0.4, -0.2) is 26.4 Å². The number of para-hydroxylation sites is 1. The number of aromatic nitrogens is 4. The predicted octanol–water partition coefficient (Wildman–Crippen LogP) is 2.80. The van der Waals surface area contributed by atoms with Gasteiger partial charge in [0.1, 0.15) is 5.82 Å². The smallest absolute Gasteiger partial charge is 0.267 e. The minimum Gasteiger partial charge on any atom is -0.311 e. The number of fused-ring (bicyclic) bond motifs is 1. The zero-order chi connectivity index (χ0) is 20.4. The van der Waals surface area contributed by atoms with Crippen LogP contribution in [0.1, 0.15) is 29.9 Å². The largest absolute Gasteiger partial charge is 0.311 e. The van der Waals surface area contributed by atoms with Crippen molar-refractivity contribution in [2.75, 3.05) is 7.05 Å². The highest BCUT2D eigenvalue weighted by atomic mass is 16.1. The molecular weight excluding hydrogens is 362 g/mol. The Morgan fingerprint density at radius 2 is 1.86 bits per heavy atom. The van der Waals surface area contributed by atoms with Gasteiger partial charge in [-0.2, -0.15) is 5.10 Å². The summed E-state index contributed by atoms with van der Waals surface area (Å²) in [5.74, 6) is 6.88. The van der Waals surface area contributed by atoms with Crippen LogP contribution in [0.2, 0.25) is 0 Å². The topological polar surface area (TPSA) is 64.7 Å². The Morgan fingerprint density at radius 3 is 2.55 bits per heavy atom. The summed E-state index contributed by atoms with van der Waals surface area (Å²) < 4.78 is 3.36. The highest BCUT2D eigenvalue weighted by Gasteiger charge is 2.18. The number of rotatable bonds is 3. The number of benzene rings is 2. The molecule has 0 aliphatic carbocycles. The number of nitrogens with one attached hydrogen (secondary N) is 1. The van der Waals surface area contributed by atoms with Crippen LogP contribution in [0, 0.1) is 11.8 Å². The van der Waals surface area contributed by atoms with Gasteiger partial charge in [0, 0.05) is 18.8 Å². The zero-order valence-electron chi connectivity index (χ0n) is 16.5. The van der Waals surface area contributed by atoms with E-state index in [9.17, 15) is 4.79 Å². The van der Waals surface area contributed by atoms with E-state index in [-0.39, 0.29) is 11.6 Å². The number of hydrogen-bond donors (Lipinski definition) is 1. The molecule has 0 spiro atoms. The maximum atomic E-state index is 13.6. The van der Waals surface area contributed by atoms with Crippen molar-refractivity contribution in [3.8, 4) is 17.5 Å². The molecule has 1 unspecified atom stereocenters. The van der Waals surface area contributed by atoms with Crippen LogP contribution in [0.5, 0.6) is 0 Å². The number of nitrogens with zero attached hydrogens (tertiary/aromatic N) is 4. The van der Waals surface area contributed by atoms with Crippen molar-refractivity contribution < 1.29 is 0 Å². The molecular formula is C23H21N5O. The van der Waals surface area contributed by atoms with E-state index in [0.29, 0.717) is 22.3 Å². The first-order valence-electron chi connectivity index (χ1n) is 9.37. The molecule has 2 aromatic carbocycles. The van der Waals surface area contributed by atoms with E-state index >= 15 is 0 Å². The summed E-state index contributed by atoms with van der Waals surface area (Å²) in [6.07, 6.45) is 3.54. The van der Waals surface area contributed by atoms with Gasteiger partial charge >= 0.3 is 0 Å². The van der Waals surface area contributed by atoms with Crippen LogP contribution in [0.15, 0.2) is 65.7 Å². The second-order valence-corrected chi connectivity index (χ2v) is 6.81. The molecule has 4 aromatic rings. The molecule has 1 N–H and O–H groups in total. The molecule has 6 nitrogen and oxygen atoms in total. The summed E-state index contributed by atoms with van der Waals surface area (Å²) in [6.45, 7) is 1.99. The first-order chi connectivity index (χ1) is 14.1. The van der Waals surface area contributed by atoms with Crippen LogP contribution in [0.3, 0.4) is 0 Å². The molecule has 6 heteroatoms. The number of hydrogen-bond acceptors (Lipinski definition) is 4. The maximum absolute atomic E-state index is 13.6. The maximum Gasteiger partial charge on any atom is 0.267 e. The normalized spacial score (nSPS) is 11.8. The van der Waals surface area contributed by atoms with Crippen molar-refractivity contribution in [2.45, 2.75) is 13.0 Å². The van der Waals surface area contributed by atoms with Crippen LogP contribution in [0.4, 0.5) is 0 Å². The molecule has 0 saturated carbocycles. The van der Waals surface area contributed by atoms with Gasteiger partial charge in [0.05, 0.1) is 34.4 Å². The standard InChI is InChI=1S/C23H21N5O/c1-16(24-2)22-26-20-11-7-8-18(13-12-17-14-25-27(3)15-17)21(20)23(29)28(22)19-9-5-4-6-10-19/h4-11,14-16,24H,1-3H3. The van der Waals surface area contributed by atoms with Crippen molar-refractivity contribution in [3.63, 3.8) is 0 Å². The lowest BCUT2D eigenvalue weighted by atomic mass is 10.1. The van der Waals surface area contributed by atoms with Gasteiger partial charge in [0.15, 0.2) is 0 Å². The Morgan fingerprint density at radius 1 is 1.07 bits per heavy atom. The second-order valence-electron chi connectivity index (χ2n) is 6.81. The quantitative estimate of drug-likeness (QED) is 0.553. The Labute approximate surface area is 168 Å². The van der Waals surface area contributed by atoms with Crippen molar-refractivity contribution in [1.29, 1.82) is 0 Å². The Kier molecular flexibility index (Phi) is 4.98. The molecule has 4 rings (SSSR count). The number of aryl methyl sites for hydroxylation is 1. The van der Waals surface area contributed by atoms with Crippen LogP contribution in [-0.2, 0) is 7.05 Å². The lowest BCUT2D eigenvalue weighted by molar-refractivity contribution is 0.589. The monoisotopic (exact) mass is 383 g/mol. The summed E-state index contributed by atoms with van der Waals surface area (Å²) in [4.78, 5) is 18.4. The molecule has 0 bridgehead atoms. The van der Waals surface area contributed by atoms with Crippen molar-refractivity contribution in [2.24, 2.45) is 7.05 Å². The Bertz CT molecular complexity index is 1290.